The summed E-state index contributed by atoms with van der Waals surface area (Å²) in [4.78, 5) is 13.0. The van der Waals surface area contributed by atoms with E-state index in [1.807, 2.05) is 38.4 Å². The second-order valence-electron chi connectivity index (χ2n) is 4.37. The van der Waals surface area contributed by atoms with Gasteiger partial charge in [0.15, 0.2) is 0 Å². The van der Waals surface area contributed by atoms with Crippen molar-refractivity contribution in [1.82, 2.24) is 15.0 Å². The van der Waals surface area contributed by atoms with Gasteiger partial charge in [-0.15, -0.1) is 0 Å². The molecular formula is C15H14N4. The molecule has 0 atom stereocenters. The predicted molar refractivity (Wildman–Crippen MR) is 77.1 cm³/mol. The average Bonchev–Trinajstić information content (AvgIpc) is 2.46. The van der Waals surface area contributed by atoms with Gasteiger partial charge < -0.3 is 5.32 Å². The van der Waals surface area contributed by atoms with Crippen molar-refractivity contribution in [2.75, 3.05) is 12.4 Å². The second-order valence-corrected chi connectivity index (χ2v) is 4.37. The van der Waals surface area contributed by atoms with Crippen LogP contribution in [-0.2, 0) is 0 Å². The highest BCUT2D eigenvalue weighted by Crippen LogP contribution is 2.27. The number of nitrogens with zero attached hydrogens (tertiary/aromatic N) is 3. The minimum Gasteiger partial charge on any atom is -0.357 e. The summed E-state index contributed by atoms with van der Waals surface area (Å²) < 4.78 is 0. The van der Waals surface area contributed by atoms with Gasteiger partial charge in [-0.05, 0) is 24.4 Å². The maximum Gasteiger partial charge on any atom is 0.223 e. The van der Waals surface area contributed by atoms with E-state index in [1.54, 1.807) is 6.20 Å². The molecule has 2 heterocycles. The lowest BCUT2D eigenvalue weighted by molar-refractivity contribution is 1.10. The second kappa shape index (κ2) is 4.65. The highest BCUT2D eigenvalue weighted by molar-refractivity contribution is 5.95. The van der Waals surface area contributed by atoms with Gasteiger partial charge in [-0.2, -0.15) is 0 Å². The first-order valence-corrected chi connectivity index (χ1v) is 6.14. The van der Waals surface area contributed by atoms with Crippen LogP contribution in [-0.4, -0.2) is 22.0 Å². The van der Waals surface area contributed by atoms with Crippen LogP contribution >= 0.6 is 0 Å². The molecular weight excluding hydrogens is 236 g/mol. The van der Waals surface area contributed by atoms with Crippen molar-refractivity contribution in [1.29, 1.82) is 0 Å². The molecule has 4 nitrogen and oxygen atoms in total. The maximum absolute atomic E-state index is 4.53. The van der Waals surface area contributed by atoms with Gasteiger partial charge in [0.05, 0.1) is 5.69 Å². The molecule has 19 heavy (non-hydrogen) atoms. The molecule has 0 fully saturated rings. The molecule has 3 rings (SSSR count). The van der Waals surface area contributed by atoms with Gasteiger partial charge >= 0.3 is 0 Å². The van der Waals surface area contributed by atoms with Crippen molar-refractivity contribution in [3.8, 4) is 11.3 Å². The zero-order chi connectivity index (χ0) is 13.2. The minimum atomic E-state index is 0.640. The molecule has 0 aliphatic carbocycles. The third kappa shape index (κ3) is 2.12. The van der Waals surface area contributed by atoms with Crippen LogP contribution in [0, 0.1) is 6.92 Å². The van der Waals surface area contributed by atoms with Gasteiger partial charge in [-0.3, -0.25) is 4.98 Å². The fraction of sp³-hybridized carbons (Fsp3) is 0.133. The molecule has 0 spiro atoms. The Bertz CT molecular complexity index is 732. The van der Waals surface area contributed by atoms with Crippen LogP contribution in [0.5, 0.6) is 0 Å². The number of anilines is 1. The van der Waals surface area contributed by atoms with E-state index in [9.17, 15) is 0 Å². The van der Waals surface area contributed by atoms with Gasteiger partial charge in [0, 0.05) is 36.1 Å². The number of nitrogens with one attached hydrogen (secondary N) is 1. The Hall–Kier alpha value is -2.49. The third-order valence-electron chi connectivity index (χ3n) is 3.03. The number of aryl methyl sites for hydroxylation is 1. The molecule has 1 aromatic carbocycles. The lowest BCUT2D eigenvalue weighted by Crippen LogP contribution is -1.99. The summed E-state index contributed by atoms with van der Waals surface area (Å²) in [6.07, 6.45) is 3.67. The normalized spacial score (nSPS) is 10.6. The first kappa shape index (κ1) is 11.6. The number of benzene rings is 1. The van der Waals surface area contributed by atoms with E-state index in [-0.39, 0.29) is 0 Å². The van der Waals surface area contributed by atoms with Crippen LogP contribution in [0.3, 0.4) is 0 Å². The van der Waals surface area contributed by atoms with Crippen molar-refractivity contribution in [2.24, 2.45) is 0 Å². The number of fused-ring (bicyclic) bond motifs is 1. The summed E-state index contributed by atoms with van der Waals surface area (Å²) in [5.41, 5.74) is 2.97. The predicted octanol–water partition coefficient (Wildman–Crippen LogP) is 3.04. The lowest BCUT2D eigenvalue weighted by atomic mass is 10.0. The summed E-state index contributed by atoms with van der Waals surface area (Å²) in [5, 5.41) is 5.26. The van der Waals surface area contributed by atoms with Gasteiger partial charge in [-0.25, -0.2) is 9.97 Å². The first-order chi connectivity index (χ1) is 9.28. The molecule has 0 aliphatic heterocycles. The summed E-state index contributed by atoms with van der Waals surface area (Å²) in [7, 11) is 1.82. The number of pyridine rings is 1. The summed E-state index contributed by atoms with van der Waals surface area (Å²) in [6, 6.07) is 10.2. The van der Waals surface area contributed by atoms with Crippen molar-refractivity contribution in [3.05, 3.63) is 48.4 Å². The van der Waals surface area contributed by atoms with Crippen molar-refractivity contribution < 1.29 is 0 Å². The van der Waals surface area contributed by atoms with E-state index < -0.39 is 0 Å². The molecule has 94 valence electrons. The Morgan fingerprint density at radius 1 is 1.11 bits per heavy atom. The fourth-order valence-corrected chi connectivity index (χ4v) is 2.16. The molecule has 0 saturated carbocycles. The Labute approximate surface area is 111 Å². The SMILES string of the molecule is CNc1nc(C)cc(-c2cccc3cnccc23)n1. The van der Waals surface area contributed by atoms with Crippen LogP contribution in [0.15, 0.2) is 42.7 Å². The van der Waals surface area contributed by atoms with Crippen LogP contribution in [0.2, 0.25) is 0 Å². The van der Waals surface area contributed by atoms with Gasteiger partial charge in [0.25, 0.3) is 0 Å². The summed E-state index contributed by atoms with van der Waals surface area (Å²) >= 11 is 0. The van der Waals surface area contributed by atoms with E-state index >= 15 is 0 Å². The largest absolute Gasteiger partial charge is 0.357 e. The molecule has 1 N–H and O–H groups in total. The first-order valence-electron chi connectivity index (χ1n) is 6.14. The Morgan fingerprint density at radius 3 is 2.84 bits per heavy atom. The average molecular weight is 250 g/mol. The number of hydrogen-bond donors (Lipinski definition) is 1. The minimum absolute atomic E-state index is 0.640. The zero-order valence-corrected chi connectivity index (χ0v) is 10.9. The van der Waals surface area contributed by atoms with Crippen LogP contribution in [0.25, 0.3) is 22.0 Å². The Balaban J connectivity index is 2.27. The highest BCUT2D eigenvalue weighted by Gasteiger charge is 2.07. The molecule has 4 heteroatoms. The zero-order valence-electron chi connectivity index (χ0n) is 10.9. The Kier molecular flexibility index (Phi) is 2.83. The van der Waals surface area contributed by atoms with Gasteiger partial charge in [-0.1, -0.05) is 18.2 Å². The molecule has 0 saturated heterocycles. The molecule has 0 bridgehead atoms. The number of aromatic nitrogens is 3. The molecule has 3 aromatic rings. The standard InChI is InChI=1S/C15H14N4/c1-10-8-14(19-15(16-2)18-10)13-5-3-4-11-9-17-7-6-12(11)13/h3-9H,1-2H3,(H,16,18,19). The van der Waals surface area contributed by atoms with Crippen molar-refractivity contribution >= 4 is 16.7 Å². The van der Waals surface area contributed by atoms with E-state index in [4.69, 9.17) is 0 Å². The van der Waals surface area contributed by atoms with E-state index in [0.717, 1.165) is 27.7 Å². The van der Waals surface area contributed by atoms with E-state index in [2.05, 4.69) is 32.4 Å². The molecule has 2 aromatic heterocycles. The van der Waals surface area contributed by atoms with Crippen molar-refractivity contribution in [2.45, 2.75) is 6.92 Å². The topological polar surface area (TPSA) is 50.7 Å². The summed E-state index contributed by atoms with van der Waals surface area (Å²) in [6.45, 7) is 1.97. The fourth-order valence-electron chi connectivity index (χ4n) is 2.16. The van der Waals surface area contributed by atoms with E-state index in [1.165, 1.54) is 0 Å². The van der Waals surface area contributed by atoms with Crippen LogP contribution in [0.4, 0.5) is 5.95 Å². The smallest absolute Gasteiger partial charge is 0.223 e. The van der Waals surface area contributed by atoms with Gasteiger partial charge in [0.1, 0.15) is 0 Å². The highest BCUT2D eigenvalue weighted by atomic mass is 15.1. The van der Waals surface area contributed by atoms with E-state index in [0.29, 0.717) is 5.95 Å². The monoisotopic (exact) mass is 250 g/mol. The third-order valence-corrected chi connectivity index (χ3v) is 3.03. The quantitative estimate of drug-likeness (QED) is 0.759. The molecule has 0 aliphatic rings. The number of rotatable bonds is 2. The number of hydrogen-bond acceptors (Lipinski definition) is 4. The van der Waals surface area contributed by atoms with Crippen LogP contribution < -0.4 is 5.32 Å². The molecule has 0 radical (unpaired) electrons. The molecule has 0 amide bonds. The lowest BCUT2D eigenvalue weighted by Gasteiger charge is -2.08. The van der Waals surface area contributed by atoms with Crippen LogP contribution in [0.1, 0.15) is 5.69 Å². The van der Waals surface area contributed by atoms with Gasteiger partial charge in [0.2, 0.25) is 5.95 Å². The Morgan fingerprint density at radius 2 is 2.00 bits per heavy atom. The maximum atomic E-state index is 4.53. The van der Waals surface area contributed by atoms with Crippen molar-refractivity contribution in [3.63, 3.8) is 0 Å². The summed E-state index contributed by atoms with van der Waals surface area (Å²) in [5.74, 6) is 0.640. The molecule has 0 unspecified atom stereocenters.